The van der Waals surface area contributed by atoms with Crippen molar-refractivity contribution in [2.45, 2.75) is 33.1 Å². The Hall–Kier alpha value is -1.06. The van der Waals surface area contributed by atoms with Gasteiger partial charge in [0.25, 0.3) is 0 Å². The zero-order valence-electron chi connectivity index (χ0n) is 12.2. The predicted molar refractivity (Wildman–Crippen MR) is 72.8 cm³/mol. The van der Waals surface area contributed by atoms with E-state index in [4.69, 9.17) is 5.11 Å². The average molecular weight is 277 g/mol. The van der Waals surface area contributed by atoms with E-state index in [-0.39, 0.29) is 17.8 Å². The SMILES string of the molecule is CC1(C)[C@@H]2CC(C(=O)N3CC[C@H]4[C@@H](C3)[C@H]4C(=O)O)C[C@@H]21. The zero-order valence-corrected chi connectivity index (χ0v) is 12.2. The van der Waals surface area contributed by atoms with E-state index in [0.717, 1.165) is 37.6 Å². The summed E-state index contributed by atoms with van der Waals surface area (Å²) in [6.45, 7) is 6.10. The highest BCUT2D eigenvalue weighted by molar-refractivity contribution is 5.80. The second-order valence-corrected chi connectivity index (χ2v) is 7.97. The molecule has 0 aromatic carbocycles. The van der Waals surface area contributed by atoms with Crippen LogP contribution >= 0.6 is 0 Å². The van der Waals surface area contributed by atoms with Crippen LogP contribution in [0.1, 0.15) is 33.1 Å². The molecule has 0 aromatic rings. The summed E-state index contributed by atoms with van der Waals surface area (Å²) in [4.78, 5) is 25.6. The predicted octanol–water partition coefficient (Wildman–Crippen LogP) is 1.85. The Bertz CT molecular complexity index is 472. The van der Waals surface area contributed by atoms with Crippen LogP contribution < -0.4 is 0 Å². The van der Waals surface area contributed by atoms with E-state index in [1.54, 1.807) is 0 Å². The first-order valence-corrected chi connectivity index (χ1v) is 7.93. The van der Waals surface area contributed by atoms with Gasteiger partial charge in [-0.15, -0.1) is 0 Å². The van der Waals surface area contributed by atoms with Crippen molar-refractivity contribution < 1.29 is 14.7 Å². The van der Waals surface area contributed by atoms with Gasteiger partial charge in [-0.2, -0.15) is 0 Å². The molecular weight excluding hydrogens is 254 g/mol. The van der Waals surface area contributed by atoms with E-state index < -0.39 is 5.97 Å². The maximum absolute atomic E-state index is 12.6. The Morgan fingerprint density at radius 1 is 1.15 bits per heavy atom. The highest BCUT2D eigenvalue weighted by atomic mass is 16.4. The number of rotatable bonds is 2. The van der Waals surface area contributed by atoms with E-state index in [2.05, 4.69) is 13.8 Å². The molecule has 1 unspecified atom stereocenters. The second kappa shape index (κ2) is 3.77. The molecule has 4 fully saturated rings. The van der Waals surface area contributed by atoms with Gasteiger partial charge in [-0.25, -0.2) is 0 Å². The van der Waals surface area contributed by atoms with Crippen LogP contribution in [0.5, 0.6) is 0 Å². The van der Waals surface area contributed by atoms with Crippen LogP contribution in [0.2, 0.25) is 0 Å². The molecule has 4 nitrogen and oxygen atoms in total. The minimum Gasteiger partial charge on any atom is -0.481 e. The maximum Gasteiger partial charge on any atom is 0.307 e. The number of nitrogens with zero attached hydrogens (tertiary/aromatic N) is 1. The summed E-state index contributed by atoms with van der Waals surface area (Å²) >= 11 is 0. The third-order valence-electron chi connectivity index (χ3n) is 6.81. The van der Waals surface area contributed by atoms with Crippen molar-refractivity contribution in [3.05, 3.63) is 0 Å². The van der Waals surface area contributed by atoms with Gasteiger partial charge in [0.15, 0.2) is 0 Å². The zero-order chi connectivity index (χ0) is 14.2. The summed E-state index contributed by atoms with van der Waals surface area (Å²) in [5.41, 5.74) is 0.467. The lowest BCUT2D eigenvalue weighted by molar-refractivity contribution is -0.140. The van der Waals surface area contributed by atoms with E-state index >= 15 is 0 Å². The molecule has 0 bridgehead atoms. The molecule has 0 radical (unpaired) electrons. The number of aliphatic carboxylic acids is 1. The quantitative estimate of drug-likeness (QED) is 0.838. The van der Waals surface area contributed by atoms with E-state index in [0.29, 0.717) is 23.8 Å². The van der Waals surface area contributed by atoms with Crippen LogP contribution in [0, 0.1) is 40.9 Å². The number of carboxylic acid groups (broad SMARTS) is 1. The molecular formula is C16H23NO3. The largest absolute Gasteiger partial charge is 0.481 e. The third kappa shape index (κ3) is 1.60. The van der Waals surface area contributed by atoms with Crippen LogP contribution in [-0.2, 0) is 9.59 Å². The van der Waals surface area contributed by atoms with Gasteiger partial charge in [0.2, 0.25) is 5.91 Å². The summed E-state index contributed by atoms with van der Waals surface area (Å²) in [5.74, 6) is 1.76. The monoisotopic (exact) mass is 277 g/mol. The standard InChI is InChI=1S/C16H23NO3/c1-16(2)11-5-8(6-12(11)16)14(18)17-4-3-9-10(7-17)13(9)15(19)20/h8-13H,3-7H2,1-2H3,(H,19,20)/t8?,9-,10+,11-,12+,13-/m0/s1. The molecule has 1 amide bonds. The normalized spacial score (nSPS) is 47.4. The Labute approximate surface area is 119 Å². The van der Waals surface area contributed by atoms with Crippen molar-refractivity contribution in [3.63, 3.8) is 0 Å². The first-order chi connectivity index (χ1) is 9.41. The van der Waals surface area contributed by atoms with Crippen molar-refractivity contribution in [3.8, 4) is 0 Å². The number of piperidine rings is 1. The average Bonchev–Trinajstić information content (AvgIpc) is 3.13. The molecule has 1 heterocycles. The topological polar surface area (TPSA) is 57.6 Å². The highest BCUT2D eigenvalue weighted by Gasteiger charge is 2.64. The van der Waals surface area contributed by atoms with Crippen molar-refractivity contribution in [2.24, 2.45) is 40.9 Å². The molecule has 4 rings (SSSR count). The summed E-state index contributed by atoms with van der Waals surface area (Å²) in [5, 5.41) is 9.12. The number of hydrogen-bond donors (Lipinski definition) is 1. The smallest absolute Gasteiger partial charge is 0.307 e. The van der Waals surface area contributed by atoms with Gasteiger partial charge in [0, 0.05) is 19.0 Å². The van der Waals surface area contributed by atoms with Crippen molar-refractivity contribution >= 4 is 11.9 Å². The van der Waals surface area contributed by atoms with E-state index in [1.807, 2.05) is 4.90 Å². The molecule has 4 aliphatic rings. The fourth-order valence-corrected chi connectivity index (χ4v) is 5.27. The number of carboxylic acids is 1. The molecule has 0 aromatic heterocycles. The van der Waals surface area contributed by atoms with Gasteiger partial charge in [-0.3, -0.25) is 9.59 Å². The Morgan fingerprint density at radius 2 is 1.80 bits per heavy atom. The minimum absolute atomic E-state index is 0.177. The summed E-state index contributed by atoms with van der Waals surface area (Å²) in [7, 11) is 0. The molecule has 0 spiro atoms. The Morgan fingerprint density at radius 3 is 2.40 bits per heavy atom. The molecule has 3 saturated carbocycles. The molecule has 1 aliphatic heterocycles. The van der Waals surface area contributed by atoms with Crippen LogP contribution in [0.3, 0.4) is 0 Å². The molecule has 6 atom stereocenters. The molecule has 3 aliphatic carbocycles. The van der Waals surface area contributed by atoms with Gasteiger partial charge in [-0.1, -0.05) is 13.8 Å². The number of carbonyl (C=O) groups is 2. The molecule has 20 heavy (non-hydrogen) atoms. The summed E-state index contributed by atoms with van der Waals surface area (Å²) in [6.07, 6.45) is 3.01. The minimum atomic E-state index is -0.668. The lowest BCUT2D eigenvalue weighted by Crippen LogP contribution is -2.40. The molecule has 4 heteroatoms. The lowest BCUT2D eigenvalue weighted by Gasteiger charge is -2.30. The van der Waals surface area contributed by atoms with E-state index in [1.165, 1.54) is 0 Å². The Kier molecular flexibility index (Phi) is 2.39. The van der Waals surface area contributed by atoms with Gasteiger partial charge >= 0.3 is 5.97 Å². The highest BCUT2D eigenvalue weighted by Crippen LogP contribution is 2.68. The first-order valence-electron chi connectivity index (χ1n) is 7.93. The van der Waals surface area contributed by atoms with Gasteiger partial charge < -0.3 is 10.0 Å². The number of hydrogen-bond acceptors (Lipinski definition) is 2. The maximum atomic E-state index is 12.6. The van der Waals surface area contributed by atoms with Gasteiger partial charge in [0.05, 0.1) is 5.92 Å². The van der Waals surface area contributed by atoms with Crippen molar-refractivity contribution in [1.82, 2.24) is 4.90 Å². The number of carbonyl (C=O) groups excluding carboxylic acids is 1. The van der Waals surface area contributed by atoms with Crippen molar-refractivity contribution in [1.29, 1.82) is 0 Å². The molecule has 1 N–H and O–H groups in total. The van der Waals surface area contributed by atoms with E-state index in [9.17, 15) is 9.59 Å². The second-order valence-electron chi connectivity index (χ2n) is 7.97. The van der Waals surface area contributed by atoms with Crippen LogP contribution in [0.15, 0.2) is 0 Å². The van der Waals surface area contributed by atoms with Gasteiger partial charge in [0.1, 0.15) is 0 Å². The lowest BCUT2D eigenvalue weighted by atomic mass is 9.91. The molecule has 110 valence electrons. The first kappa shape index (κ1) is 12.7. The van der Waals surface area contributed by atoms with Crippen molar-refractivity contribution in [2.75, 3.05) is 13.1 Å². The summed E-state index contributed by atoms with van der Waals surface area (Å²) < 4.78 is 0. The Balaban J connectivity index is 1.36. The van der Waals surface area contributed by atoms with Crippen LogP contribution in [0.25, 0.3) is 0 Å². The number of likely N-dealkylation sites (tertiary alicyclic amines) is 1. The number of amides is 1. The van der Waals surface area contributed by atoms with Crippen LogP contribution in [-0.4, -0.2) is 35.0 Å². The number of fused-ring (bicyclic) bond motifs is 2. The van der Waals surface area contributed by atoms with Crippen LogP contribution in [0.4, 0.5) is 0 Å². The fraction of sp³-hybridized carbons (Fsp3) is 0.875. The van der Waals surface area contributed by atoms with Gasteiger partial charge in [-0.05, 0) is 48.3 Å². The third-order valence-corrected chi connectivity index (χ3v) is 6.81. The molecule has 1 saturated heterocycles. The summed E-state index contributed by atoms with van der Waals surface area (Å²) in [6, 6.07) is 0. The fourth-order valence-electron chi connectivity index (χ4n) is 5.27.